The van der Waals surface area contributed by atoms with E-state index in [1.807, 2.05) is 0 Å². The maximum Gasteiger partial charge on any atom is 0.385 e. The molecule has 0 aliphatic heterocycles. The molecule has 1 rings (SSSR count). The van der Waals surface area contributed by atoms with Gasteiger partial charge in [-0.2, -0.15) is 0 Å². The van der Waals surface area contributed by atoms with E-state index in [0.717, 1.165) is 13.2 Å². The van der Waals surface area contributed by atoms with Crippen LogP contribution in [0.3, 0.4) is 0 Å². The van der Waals surface area contributed by atoms with Crippen LogP contribution in [0, 0.1) is 5.41 Å². The van der Waals surface area contributed by atoms with Gasteiger partial charge < -0.3 is 8.85 Å². The second-order valence-corrected chi connectivity index (χ2v) is 6.46. The number of rotatable bonds is 6. The largest absolute Gasteiger partial charge is 0.394 e. The highest BCUT2D eigenvalue weighted by Crippen LogP contribution is 2.40. The summed E-state index contributed by atoms with van der Waals surface area (Å²) in [4.78, 5) is 0. The predicted octanol–water partition coefficient (Wildman–Crippen LogP) is 3.52. The average Bonchev–Trinajstić information content (AvgIpc) is 2.19. The van der Waals surface area contributed by atoms with Crippen molar-refractivity contribution < 1.29 is 8.85 Å². The van der Waals surface area contributed by atoms with E-state index in [1.54, 1.807) is 0 Å². The molecular weight excluding hydrogens is 204 g/mol. The Morgan fingerprint density at radius 3 is 2.00 bits per heavy atom. The van der Waals surface area contributed by atoms with Gasteiger partial charge in [0.25, 0.3) is 0 Å². The zero-order valence-electron chi connectivity index (χ0n) is 10.5. The van der Waals surface area contributed by atoms with Gasteiger partial charge in [0.1, 0.15) is 0 Å². The minimum absolute atomic E-state index is 0.497. The first-order chi connectivity index (χ1) is 7.20. The van der Waals surface area contributed by atoms with E-state index < -0.39 is 9.28 Å². The molecule has 0 unspecified atom stereocenters. The monoisotopic (exact) mass is 229 g/mol. The second-order valence-electron chi connectivity index (χ2n) is 4.79. The van der Waals surface area contributed by atoms with Crippen LogP contribution in [0.15, 0.2) is 0 Å². The first-order valence-electron chi connectivity index (χ1n) is 6.31. The van der Waals surface area contributed by atoms with Crippen molar-refractivity contribution in [3.63, 3.8) is 0 Å². The lowest BCUT2D eigenvalue weighted by Gasteiger charge is -2.35. The van der Waals surface area contributed by atoms with Gasteiger partial charge in [-0.3, -0.25) is 0 Å². The first-order valence-corrected chi connectivity index (χ1v) is 7.84. The van der Waals surface area contributed by atoms with Gasteiger partial charge in [-0.05, 0) is 38.1 Å². The predicted molar refractivity (Wildman–Crippen MR) is 65.0 cm³/mol. The molecule has 0 amide bonds. The maximum atomic E-state index is 5.73. The summed E-state index contributed by atoms with van der Waals surface area (Å²) in [6, 6.07) is 1.17. The summed E-state index contributed by atoms with van der Waals surface area (Å²) < 4.78 is 11.5. The van der Waals surface area contributed by atoms with E-state index in [1.165, 1.54) is 38.1 Å². The molecule has 89 valence electrons. The van der Waals surface area contributed by atoms with Gasteiger partial charge in [0.2, 0.25) is 0 Å². The first kappa shape index (κ1) is 13.2. The molecule has 1 fully saturated rings. The topological polar surface area (TPSA) is 18.5 Å². The van der Waals surface area contributed by atoms with Gasteiger partial charge in [0.05, 0.1) is 0 Å². The molecule has 0 N–H and O–H groups in total. The van der Waals surface area contributed by atoms with Crippen molar-refractivity contribution in [3.8, 4) is 0 Å². The molecule has 3 heteroatoms. The molecule has 0 saturated heterocycles. The molecule has 0 heterocycles. The van der Waals surface area contributed by atoms with Crippen molar-refractivity contribution >= 4 is 9.28 Å². The lowest BCUT2D eigenvalue weighted by atomic mass is 9.77. The summed E-state index contributed by atoms with van der Waals surface area (Å²) in [5.41, 5.74) is 0.497. The van der Waals surface area contributed by atoms with Gasteiger partial charge in [-0.25, -0.2) is 0 Å². The van der Waals surface area contributed by atoms with Crippen LogP contribution in [0.5, 0.6) is 0 Å². The van der Waals surface area contributed by atoms with Crippen molar-refractivity contribution in [3.05, 3.63) is 0 Å². The van der Waals surface area contributed by atoms with E-state index in [2.05, 4.69) is 20.8 Å². The van der Waals surface area contributed by atoms with Gasteiger partial charge in [-0.15, -0.1) is 0 Å². The molecule has 0 aromatic heterocycles. The van der Waals surface area contributed by atoms with Crippen LogP contribution < -0.4 is 0 Å². The Morgan fingerprint density at radius 2 is 1.53 bits per heavy atom. The van der Waals surface area contributed by atoms with Crippen molar-refractivity contribution in [1.82, 2.24) is 0 Å². The molecule has 1 aliphatic rings. The summed E-state index contributed by atoms with van der Waals surface area (Å²) in [5.74, 6) is 0. The van der Waals surface area contributed by atoms with Crippen LogP contribution in [0.2, 0.25) is 6.04 Å². The summed E-state index contributed by atoms with van der Waals surface area (Å²) in [6.45, 7) is 8.13. The average molecular weight is 229 g/mol. The standard InChI is InChI=1S/C12H25O2Si/c1-4-13-15(14-5-2)11-12(3)9-7-6-8-10-12/h4-11H2,1-3H3. The SMILES string of the molecule is CCO[Si](CC1(C)CCCCC1)OCC. The molecular formula is C12H25O2Si. The van der Waals surface area contributed by atoms with Crippen LogP contribution in [-0.4, -0.2) is 22.5 Å². The van der Waals surface area contributed by atoms with E-state index in [-0.39, 0.29) is 0 Å². The third kappa shape index (κ3) is 4.66. The van der Waals surface area contributed by atoms with Gasteiger partial charge in [0, 0.05) is 13.2 Å². The molecule has 0 bridgehead atoms. The molecule has 1 radical (unpaired) electrons. The highest BCUT2D eigenvalue weighted by atomic mass is 28.3. The normalized spacial score (nSPS) is 20.8. The zero-order chi connectivity index (χ0) is 11.1. The van der Waals surface area contributed by atoms with E-state index >= 15 is 0 Å². The minimum atomic E-state index is -1.00. The lowest BCUT2D eigenvalue weighted by Crippen LogP contribution is -2.32. The molecule has 1 aliphatic carbocycles. The molecule has 0 atom stereocenters. The highest BCUT2D eigenvalue weighted by molar-refractivity contribution is 6.44. The third-order valence-corrected chi connectivity index (χ3v) is 5.61. The number of hydrogen-bond acceptors (Lipinski definition) is 2. The Morgan fingerprint density at radius 1 is 1.00 bits per heavy atom. The number of hydrogen-bond donors (Lipinski definition) is 0. The summed E-state index contributed by atoms with van der Waals surface area (Å²) >= 11 is 0. The minimum Gasteiger partial charge on any atom is -0.394 e. The third-order valence-electron chi connectivity index (χ3n) is 3.24. The fraction of sp³-hybridized carbons (Fsp3) is 1.00. The van der Waals surface area contributed by atoms with Crippen molar-refractivity contribution in [1.29, 1.82) is 0 Å². The van der Waals surface area contributed by atoms with Crippen molar-refractivity contribution in [2.45, 2.75) is 58.9 Å². The lowest BCUT2D eigenvalue weighted by molar-refractivity contribution is 0.175. The van der Waals surface area contributed by atoms with Gasteiger partial charge in [0.15, 0.2) is 0 Å². The summed E-state index contributed by atoms with van der Waals surface area (Å²) in [6.07, 6.45) is 6.93. The Balaban J connectivity index is 2.39. The highest BCUT2D eigenvalue weighted by Gasteiger charge is 2.32. The van der Waals surface area contributed by atoms with Crippen LogP contribution in [-0.2, 0) is 8.85 Å². The van der Waals surface area contributed by atoms with Crippen LogP contribution >= 0.6 is 0 Å². The van der Waals surface area contributed by atoms with Gasteiger partial charge in [-0.1, -0.05) is 26.2 Å². The molecule has 1 saturated carbocycles. The van der Waals surface area contributed by atoms with Crippen LogP contribution in [0.1, 0.15) is 52.9 Å². The quantitative estimate of drug-likeness (QED) is 0.649. The van der Waals surface area contributed by atoms with E-state index in [9.17, 15) is 0 Å². The fourth-order valence-corrected chi connectivity index (χ4v) is 4.38. The Labute approximate surface area is 96.2 Å². The molecule has 0 spiro atoms. The summed E-state index contributed by atoms with van der Waals surface area (Å²) in [7, 11) is -1.00. The fourth-order valence-electron chi connectivity index (χ4n) is 2.40. The smallest absolute Gasteiger partial charge is 0.385 e. The Bertz CT molecular complexity index is 161. The Hall–Kier alpha value is 0.137. The summed E-state index contributed by atoms with van der Waals surface area (Å²) in [5, 5.41) is 0. The molecule has 2 nitrogen and oxygen atoms in total. The van der Waals surface area contributed by atoms with Crippen LogP contribution in [0.25, 0.3) is 0 Å². The second kappa shape index (κ2) is 6.66. The maximum absolute atomic E-state index is 5.73. The zero-order valence-corrected chi connectivity index (χ0v) is 11.5. The van der Waals surface area contributed by atoms with Crippen molar-refractivity contribution in [2.75, 3.05) is 13.2 Å². The van der Waals surface area contributed by atoms with E-state index in [0.29, 0.717) is 5.41 Å². The van der Waals surface area contributed by atoms with Crippen molar-refractivity contribution in [2.24, 2.45) is 5.41 Å². The van der Waals surface area contributed by atoms with Crippen LogP contribution in [0.4, 0.5) is 0 Å². The molecule has 15 heavy (non-hydrogen) atoms. The Kier molecular flexibility index (Phi) is 5.86. The molecule has 0 aromatic carbocycles. The molecule has 0 aromatic rings. The van der Waals surface area contributed by atoms with E-state index in [4.69, 9.17) is 8.85 Å². The van der Waals surface area contributed by atoms with Gasteiger partial charge >= 0.3 is 9.28 Å².